The summed E-state index contributed by atoms with van der Waals surface area (Å²) in [4.78, 5) is 17.4. The van der Waals surface area contributed by atoms with Gasteiger partial charge in [0.25, 0.3) is 5.91 Å². The molecule has 7 nitrogen and oxygen atoms in total. The summed E-state index contributed by atoms with van der Waals surface area (Å²) in [6, 6.07) is 11.5. The molecule has 1 amide bonds. The summed E-state index contributed by atoms with van der Waals surface area (Å²) in [7, 11) is 0. The average Bonchev–Trinajstić information content (AvgIpc) is 3.25. The molecule has 0 radical (unpaired) electrons. The maximum absolute atomic E-state index is 12.9. The van der Waals surface area contributed by atoms with Crippen LogP contribution in [0.5, 0.6) is 0 Å². The van der Waals surface area contributed by atoms with E-state index in [0.717, 1.165) is 24.4 Å². The molecule has 3 N–H and O–H groups in total. The summed E-state index contributed by atoms with van der Waals surface area (Å²) >= 11 is 6.47. The smallest absolute Gasteiger partial charge is 0.253 e. The van der Waals surface area contributed by atoms with Crippen molar-refractivity contribution >= 4 is 40.5 Å². The Morgan fingerprint density at radius 1 is 0.973 bits per heavy atom. The van der Waals surface area contributed by atoms with E-state index in [0.29, 0.717) is 34.3 Å². The molecule has 2 aromatic heterocycles. The number of pyridine rings is 1. The van der Waals surface area contributed by atoms with Crippen LogP contribution >= 0.6 is 11.6 Å². The van der Waals surface area contributed by atoms with E-state index in [2.05, 4.69) is 46.8 Å². The number of hydrogen-bond acceptors (Lipinski definition) is 5. The Balaban J connectivity index is 1.60. The van der Waals surface area contributed by atoms with Crippen LogP contribution in [0.4, 0.5) is 23.0 Å². The van der Waals surface area contributed by atoms with Gasteiger partial charge in [-0.25, -0.2) is 9.67 Å². The van der Waals surface area contributed by atoms with E-state index in [1.807, 2.05) is 48.0 Å². The van der Waals surface area contributed by atoms with Crippen molar-refractivity contribution in [3.8, 4) is 0 Å². The van der Waals surface area contributed by atoms with Gasteiger partial charge in [-0.05, 0) is 39.3 Å². The summed E-state index contributed by atoms with van der Waals surface area (Å²) < 4.78 is 1.92. The van der Waals surface area contributed by atoms with Crippen molar-refractivity contribution in [3.05, 3.63) is 58.9 Å². The lowest BCUT2D eigenvalue weighted by Crippen LogP contribution is -2.25. The van der Waals surface area contributed by atoms with Crippen LogP contribution in [0.25, 0.3) is 0 Å². The van der Waals surface area contributed by atoms with Crippen molar-refractivity contribution in [2.24, 2.45) is 0 Å². The summed E-state index contributed by atoms with van der Waals surface area (Å²) in [6.45, 7) is 9.04. The molecule has 0 fully saturated rings. The molecular weight excluding hydrogens is 484 g/mol. The van der Waals surface area contributed by atoms with Crippen LogP contribution in [0.2, 0.25) is 5.02 Å². The minimum Gasteiger partial charge on any atom is -0.354 e. The van der Waals surface area contributed by atoms with Crippen LogP contribution in [-0.2, 0) is 0 Å². The largest absolute Gasteiger partial charge is 0.354 e. The number of anilines is 4. The predicted octanol–water partition coefficient (Wildman–Crippen LogP) is 8.18. The molecule has 0 bridgehead atoms. The number of amides is 1. The number of nitrogens with one attached hydrogen (secondary N) is 3. The van der Waals surface area contributed by atoms with Crippen LogP contribution < -0.4 is 16.0 Å². The lowest BCUT2D eigenvalue weighted by Gasteiger charge is -2.15. The Hall–Kier alpha value is -3.06. The molecule has 37 heavy (non-hydrogen) atoms. The Bertz CT molecular complexity index is 1140. The molecule has 0 atom stereocenters. The molecule has 0 aliphatic heterocycles. The standard InChI is InChI=1S/C29H41ClN6O/c1-5-6-7-8-9-10-11-14-17-31-29(37)23-15-12-13-16-25(23)33-26-19-27(32-20-24(26)30)34-28-18-22(4)35-36(28)21(2)3/h12-13,15-16,18-21H,5-11,14,17H2,1-4H3,(H,31,37)(H2,32,33,34). The van der Waals surface area contributed by atoms with E-state index in [1.165, 1.54) is 38.5 Å². The molecular formula is C29H41ClN6O. The zero-order valence-corrected chi connectivity index (χ0v) is 23.4. The Labute approximate surface area is 226 Å². The number of nitrogens with zero attached hydrogens (tertiary/aromatic N) is 3. The van der Waals surface area contributed by atoms with Crippen molar-refractivity contribution in [3.63, 3.8) is 0 Å². The van der Waals surface area contributed by atoms with E-state index in [4.69, 9.17) is 11.6 Å². The number of unbranched alkanes of at least 4 members (excludes halogenated alkanes) is 7. The van der Waals surface area contributed by atoms with E-state index < -0.39 is 0 Å². The first-order chi connectivity index (χ1) is 17.9. The molecule has 0 spiro atoms. The second-order valence-electron chi connectivity index (χ2n) is 9.79. The van der Waals surface area contributed by atoms with E-state index >= 15 is 0 Å². The summed E-state index contributed by atoms with van der Waals surface area (Å²) in [6.07, 6.45) is 11.5. The normalized spacial score (nSPS) is 11.1. The number of aromatic nitrogens is 3. The molecule has 0 unspecified atom stereocenters. The fourth-order valence-corrected chi connectivity index (χ4v) is 4.38. The number of carbonyl (C=O) groups excluding carboxylic acids is 1. The summed E-state index contributed by atoms with van der Waals surface area (Å²) in [5, 5.41) is 14.7. The van der Waals surface area contributed by atoms with Gasteiger partial charge in [-0.3, -0.25) is 4.79 Å². The lowest BCUT2D eigenvalue weighted by atomic mass is 10.1. The van der Waals surface area contributed by atoms with Crippen LogP contribution in [0.1, 0.15) is 94.2 Å². The van der Waals surface area contributed by atoms with Crippen LogP contribution in [0, 0.1) is 6.92 Å². The predicted molar refractivity (Wildman–Crippen MR) is 155 cm³/mol. The van der Waals surface area contributed by atoms with Crippen LogP contribution in [0.3, 0.4) is 0 Å². The zero-order valence-electron chi connectivity index (χ0n) is 22.6. The minimum atomic E-state index is -0.0918. The second-order valence-corrected chi connectivity index (χ2v) is 10.2. The van der Waals surface area contributed by atoms with Gasteiger partial charge in [0.2, 0.25) is 0 Å². The number of hydrogen-bond donors (Lipinski definition) is 3. The first-order valence-corrected chi connectivity index (χ1v) is 13.9. The lowest BCUT2D eigenvalue weighted by molar-refractivity contribution is 0.0953. The number of para-hydroxylation sites is 1. The van der Waals surface area contributed by atoms with Gasteiger partial charge in [-0.15, -0.1) is 0 Å². The summed E-state index contributed by atoms with van der Waals surface area (Å²) in [5.74, 6) is 1.39. The number of carbonyl (C=O) groups is 1. The van der Waals surface area contributed by atoms with Crippen LogP contribution in [-0.4, -0.2) is 27.2 Å². The highest BCUT2D eigenvalue weighted by Gasteiger charge is 2.14. The Morgan fingerprint density at radius 2 is 1.68 bits per heavy atom. The van der Waals surface area contributed by atoms with E-state index in [-0.39, 0.29) is 11.9 Å². The molecule has 3 aromatic rings. The summed E-state index contributed by atoms with van der Waals surface area (Å²) in [5.41, 5.74) is 2.86. The molecule has 0 aliphatic carbocycles. The molecule has 0 saturated heterocycles. The van der Waals surface area contributed by atoms with Gasteiger partial charge in [-0.2, -0.15) is 5.10 Å². The molecule has 0 saturated carbocycles. The van der Waals surface area contributed by atoms with E-state index in [1.54, 1.807) is 6.20 Å². The van der Waals surface area contributed by atoms with Crippen LogP contribution in [0.15, 0.2) is 42.6 Å². The molecule has 8 heteroatoms. The SMILES string of the molecule is CCCCCCCCCCNC(=O)c1ccccc1Nc1cc(Nc2cc(C)nn2C(C)C)ncc1Cl. The highest BCUT2D eigenvalue weighted by molar-refractivity contribution is 6.33. The van der Waals surface area contributed by atoms with E-state index in [9.17, 15) is 4.79 Å². The third-order valence-electron chi connectivity index (χ3n) is 6.22. The third kappa shape index (κ3) is 8.78. The Morgan fingerprint density at radius 3 is 2.41 bits per heavy atom. The average molecular weight is 525 g/mol. The second kappa shape index (κ2) is 14.6. The molecule has 1 aromatic carbocycles. The fraction of sp³-hybridized carbons (Fsp3) is 0.483. The molecule has 200 valence electrons. The van der Waals surface area contributed by atoms with Gasteiger partial charge in [0.15, 0.2) is 0 Å². The Kier molecular flexibility index (Phi) is 11.3. The highest BCUT2D eigenvalue weighted by atomic mass is 35.5. The molecule has 3 rings (SSSR count). The van der Waals surface area contributed by atoms with Gasteiger partial charge < -0.3 is 16.0 Å². The van der Waals surface area contributed by atoms with Gasteiger partial charge in [0.05, 0.1) is 33.9 Å². The van der Waals surface area contributed by atoms with Crippen molar-refractivity contribution in [2.75, 3.05) is 17.2 Å². The topological polar surface area (TPSA) is 83.9 Å². The van der Waals surface area contributed by atoms with Gasteiger partial charge in [0.1, 0.15) is 11.6 Å². The molecule has 0 aliphatic rings. The van der Waals surface area contributed by atoms with Crippen molar-refractivity contribution in [1.82, 2.24) is 20.1 Å². The molecule has 2 heterocycles. The number of halogens is 1. The number of aryl methyl sites for hydroxylation is 1. The monoisotopic (exact) mass is 524 g/mol. The van der Waals surface area contributed by atoms with Crippen molar-refractivity contribution in [2.45, 2.75) is 85.1 Å². The number of benzene rings is 1. The maximum atomic E-state index is 12.9. The van der Waals surface area contributed by atoms with Gasteiger partial charge in [0, 0.05) is 24.7 Å². The third-order valence-corrected chi connectivity index (χ3v) is 6.52. The maximum Gasteiger partial charge on any atom is 0.253 e. The number of rotatable bonds is 15. The fourth-order valence-electron chi connectivity index (χ4n) is 4.23. The van der Waals surface area contributed by atoms with Gasteiger partial charge in [-0.1, -0.05) is 75.6 Å². The van der Waals surface area contributed by atoms with Gasteiger partial charge >= 0.3 is 0 Å². The first-order valence-electron chi connectivity index (χ1n) is 13.5. The van der Waals surface area contributed by atoms with Crippen molar-refractivity contribution in [1.29, 1.82) is 0 Å². The quantitative estimate of drug-likeness (QED) is 0.174. The zero-order chi connectivity index (χ0) is 26.6. The minimum absolute atomic E-state index is 0.0918. The first kappa shape index (κ1) is 28.5. The highest BCUT2D eigenvalue weighted by Crippen LogP contribution is 2.30. The van der Waals surface area contributed by atoms with Crippen molar-refractivity contribution < 1.29 is 4.79 Å².